The number of carbonyl (C=O) groups is 1. The number of aliphatic hydroxyl groups is 1. The average Bonchev–Trinajstić information content (AvgIpc) is 2.45. The Kier molecular flexibility index (Phi) is 14.5. The minimum absolute atomic E-state index is 0.108. The molecular formula is C18H32O3. The number of carboxylic acid groups (broad SMARTS) is 1. The molecule has 0 saturated carbocycles. The molecule has 0 heterocycles. The van der Waals surface area contributed by atoms with Gasteiger partial charge in [-0.2, -0.15) is 0 Å². The van der Waals surface area contributed by atoms with Crippen LogP contribution >= 0.6 is 0 Å². The Morgan fingerprint density at radius 3 is 2.19 bits per heavy atom. The Morgan fingerprint density at radius 2 is 1.57 bits per heavy atom. The van der Waals surface area contributed by atoms with Crippen LogP contribution in [0.4, 0.5) is 0 Å². The second-order valence-corrected chi connectivity index (χ2v) is 5.62. The van der Waals surface area contributed by atoms with Crippen LogP contribution in [0.1, 0.15) is 77.6 Å². The molecule has 0 aromatic rings. The van der Waals surface area contributed by atoms with Crippen molar-refractivity contribution in [1.82, 2.24) is 0 Å². The summed E-state index contributed by atoms with van der Waals surface area (Å²) in [4.78, 5) is 10.2. The molecule has 0 aliphatic heterocycles. The lowest BCUT2D eigenvalue weighted by Gasteiger charge is -2.09. The van der Waals surface area contributed by atoms with Gasteiger partial charge in [-0.25, -0.2) is 4.79 Å². The Hall–Kier alpha value is -1.09. The summed E-state index contributed by atoms with van der Waals surface area (Å²) in [7, 11) is 0. The zero-order valence-electron chi connectivity index (χ0n) is 13.5. The monoisotopic (exact) mass is 296 g/mol. The highest BCUT2D eigenvalue weighted by Crippen LogP contribution is 2.12. The first-order chi connectivity index (χ1) is 10.2. The van der Waals surface area contributed by atoms with Crippen LogP contribution in [0.3, 0.4) is 0 Å². The molecule has 0 aliphatic rings. The molecule has 3 nitrogen and oxygen atoms in total. The third-order valence-corrected chi connectivity index (χ3v) is 3.54. The highest BCUT2D eigenvalue weighted by atomic mass is 16.4. The van der Waals surface area contributed by atoms with E-state index >= 15 is 0 Å². The molecule has 1 unspecified atom stereocenters. The van der Waals surface area contributed by atoms with Crippen molar-refractivity contribution in [1.29, 1.82) is 0 Å². The van der Waals surface area contributed by atoms with Crippen LogP contribution in [0, 0.1) is 0 Å². The Morgan fingerprint density at radius 1 is 0.952 bits per heavy atom. The van der Waals surface area contributed by atoms with Gasteiger partial charge >= 0.3 is 5.97 Å². The fraction of sp³-hybridized carbons (Fsp3) is 0.722. The third kappa shape index (κ3) is 16.9. The third-order valence-electron chi connectivity index (χ3n) is 3.54. The lowest BCUT2D eigenvalue weighted by Crippen LogP contribution is -2.05. The van der Waals surface area contributed by atoms with Crippen LogP contribution in [0.25, 0.3) is 0 Å². The second-order valence-electron chi connectivity index (χ2n) is 5.62. The molecule has 0 bridgehead atoms. The number of aliphatic carboxylic acids is 1. The van der Waals surface area contributed by atoms with Gasteiger partial charge in [0.2, 0.25) is 0 Å². The van der Waals surface area contributed by atoms with E-state index in [1.807, 2.05) is 6.08 Å². The number of unbranched alkanes of at least 4 members (excludes halogenated alkanes) is 7. The Bertz CT molecular complexity index is 295. The largest absolute Gasteiger partial charge is 0.478 e. The van der Waals surface area contributed by atoms with E-state index < -0.39 is 5.97 Å². The molecule has 0 aromatic carbocycles. The highest BCUT2D eigenvalue weighted by molar-refractivity contribution is 5.80. The molecule has 122 valence electrons. The zero-order valence-corrected chi connectivity index (χ0v) is 13.5. The number of rotatable bonds is 14. The van der Waals surface area contributed by atoms with E-state index in [2.05, 4.69) is 6.92 Å². The van der Waals surface area contributed by atoms with Crippen LogP contribution in [0.15, 0.2) is 24.3 Å². The summed E-state index contributed by atoms with van der Waals surface area (Å²) in [5.74, 6) is -0.909. The second kappa shape index (κ2) is 15.3. The predicted octanol–water partition coefficient (Wildman–Crippen LogP) is 4.86. The zero-order chi connectivity index (χ0) is 15.8. The van der Waals surface area contributed by atoms with Gasteiger partial charge in [0.15, 0.2) is 0 Å². The van der Waals surface area contributed by atoms with Gasteiger partial charge in [-0.3, -0.25) is 0 Å². The summed E-state index contributed by atoms with van der Waals surface area (Å²) in [5, 5.41) is 18.2. The van der Waals surface area contributed by atoms with Gasteiger partial charge in [-0.15, -0.1) is 0 Å². The smallest absolute Gasteiger partial charge is 0.328 e. The molecule has 3 heteroatoms. The number of hydrogen-bond donors (Lipinski definition) is 2. The van der Waals surface area contributed by atoms with E-state index in [0.717, 1.165) is 44.6 Å². The molecule has 0 amide bonds. The topological polar surface area (TPSA) is 57.5 Å². The van der Waals surface area contributed by atoms with E-state index in [1.54, 1.807) is 12.2 Å². The van der Waals surface area contributed by atoms with E-state index in [9.17, 15) is 9.90 Å². The summed E-state index contributed by atoms with van der Waals surface area (Å²) in [6.07, 6.45) is 18.8. The van der Waals surface area contributed by atoms with E-state index in [1.165, 1.54) is 32.1 Å². The van der Waals surface area contributed by atoms with Gasteiger partial charge in [0.1, 0.15) is 0 Å². The number of aliphatic hydroxyl groups excluding tert-OH is 1. The van der Waals surface area contributed by atoms with E-state index in [4.69, 9.17) is 5.11 Å². The molecule has 0 rings (SSSR count). The van der Waals surface area contributed by atoms with Crippen LogP contribution in [0.5, 0.6) is 0 Å². The molecule has 0 aliphatic carbocycles. The molecule has 0 saturated heterocycles. The summed E-state index contributed by atoms with van der Waals surface area (Å²) < 4.78 is 0. The molecule has 0 fully saturated rings. The number of hydrogen-bond acceptors (Lipinski definition) is 2. The van der Waals surface area contributed by atoms with Crippen LogP contribution in [0.2, 0.25) is 0 Å². The standard InChI is InChI=1S/C18H32O3/c1-2-3-4-11-14-17(19)15-12-9-7-5-6-8-10-13-16-18(20)21/h8,10,13,16-17,19H,2-7,9,11-12,14-15H2,1H3,(H,20,21). The van der Waals surface area contributed by atoms with Gasteiger partial charge in [0, 0.05) is 6.08 Å². The van der Waals surface area contributed by atoms with Crippen molar-refractivity contribution in [3.8, 4) is 0 Å². The lowest BCUT2D eigenvalue weighted by molar-refractivity contribution is -0.131. The van der Waals surface area contributed by atoms with Crippen LogP contribution < -0.4 is 0 Å². The lowest BCUT2D eigenvalue weighted by atomic mass is 10.0. The first-order valence-electron chi connectivity index (χ1n) is 8.41. The first-order valence-corrected chi connectivity index (χ1v) is 8.41. The Labute approximate surface area is 129 Å². The number of carboxylic acids is 1. The SMILES string of the molecule is CCCCCCC(O)CCCCCCC=CC=CC(=O)O. The van der Waals surface area contributed by atoms with Crippen LogP contribution in [-0.4, -0.2) is 22.3 Å². The van der Waals surface area contributed by atoms with Crippen molar-refractivity contribution >= 4 is 5.97 Å². The molecule has 0 spiro atoms. The predicted molar refractivity (Wildman–Crippen MR) is 88.4 cm³/mol. The maximum absolute atomic E-state index is 10.2. The maximum Gasteiger partial charge on any atom is 0.328 e. The van der Waals surface area contributed by atoms with Crippen LogP contribution in [-0.2, 0) is 4.79 Å². The van der Waals surface area contributed by atoms with Gasteiger partial charge in [0.05, 0.1) is 6.10 Å². The highest BCUT2D eigenvalue weighted by Gasteiger charge is 2.03. The van der Waals surface area contributed by atoms with Crippen molar-refractivity contribution < 1.29 is 15.0 Å². The summed E-state index contributed by atoms with van der Waals surface area (Å²) in [5.41, 5.74) is 0. The molecule has 2 N–H and O–H groups in total. The molecule has 0 aromatic heterocycles. The minimum Gasteiger partial charge on any atom is -0.478 e. The van der Waals surface area contributed by atoms with Gasteiger partial charge < -0.3 is 10.2 Å². The maximum atomic E-state index is 10.2. The average molecular weight is 296 g/mol. The summed E-state index contributed by atoms with van der Waals surface area (Å²) in [6.45, 7) is 2.20. The Balaban J connectivity index is 3.29. The van der Waals surface area contributed by atoms with Gasteiger partial charge in [-0.1, -0.05) is 70.1 Å². The quantitative estimate of drug-likeness (QED) is 0.273. The fourth-order valence-corrected chi connectivity index (χ4v) is 2.26. The van der Waals surface area contributed by atoms with Crippen molar-refractivity contribution in [2.24, 2.45) is 0 Å². The van der Waals surface area contributed by atoms with E-state index in [-0.39, 0.29) is 6.10 Å². The van der Waals surface area contributed by atoms with Crippen molar-refractivity contribution in [3.63, 3.8) is 0 Å². The fourth-order valence-electron chi connectivity index (χ4n) is 2.26. The van der Waals surface area contributed by atoms with Gasteiger partial charge in [-0.05, 0) is 25.7 Å². The van der Waals surface area contributed by atoms with Crippen molar-refractivity contribution in [2.75, 3.05) is 0 Å². The van der Waals surface area contributed by atoms with Crippen molar-refractivity contribution in [3.05, 3.63) is 24.3 Å². The van der Waals surface area contributed by atoms with Crippen molar-refractivity contribution in [2.45, 2.75) is 83.7 Å². The molecular weight excluding hydrogens is 264 g/mol. The molecule has 1 atom stereocenters. The van der Waals surface area contributed by atoms with Gasteiger partial charge in [0.25, 0.3) is 0 Å². The molecule has 21 heavy (non-hydrogen) atoms. The molecule has 0 radical (unpaired) electrons. The normalized spacial score (nSPS) is 13.2. The van der Waals surface area contributed by atoms with E-state index in [0.29, 0.717) is 0 Å². The summed E-state index contributed by atoms with van der Waals surface area (Å²) >= 11 is 0. The minimum atomic E-state index is -0.909. The summed E-state index contributed by atoms with van der Waals surface area (Å²) in [6, 6.07) is 0. The first kappa shape index (κ1) is 19.9. The number of allylic oxidation sites excluding steroid dienone is 3.